The number of carboxylic acid groups (broad SMARTS) is 1. The Labute approximate surface area is 387 Å². The Kier molecular flexibility index (Phi) is 16.5. The molecule has 3 N–H and O–H groups in total. The van der Waals surface area contributed by atoms with Gasteiger partial charge in [0.2, 0.25) is 0 Å². The Bertz CT molecular complexity index is 2250. The van der Waals surface area contributed by atoms with E-state index in [4.69, 9.17) is 20.3 Å². The zero-order valence-electron chi connectivity index (χ0n) is 38.5. The van der Waals surface area contributed by atoms with E-state index in [0.29, 0.717) is 44.7 Å². The molecule has 18 heteroatoms. The van der Waals surface area contributed by atoms with Gasteiger partial charge in [0.15, 0.2) is 11.5 Å². The number of carbonyl (C=O) groups is 4. The summed E-state index contributed by atoms with van der Waals surface area (Å²) in [4.78, 5) is 51.8. The molecule has 2 aromatic carbocycles. The molecule has 4 aromatic rings. The van der Waals surface area contributed by atoms with Crippen molar-refractivity contribution in [2.75, 3.05) is 13.1 Å². The first-order valence-electron chi connectivity index (χ1n) is 20.9. The summed E-state index contributed by atoms with van der Waals surface area (Å²) in [6.07, 6.45) is 4.26. The zero-order valence-corrected chi connectivity index (χ0v) is 41.7. The first-order valence-corrected chi connectivity index (χ1v) is 22.5. The molecule has 0 saturated carbocycles. The molecule has 4 heterocycles. The highest BCUT2D eigenvalue weighted by Crippen LogP contribution is 2.35. The van der Waals surface area contributed by atoms with Crippen molar-refractivity contribution >= 4 is 55.8 Å². The van der Waals surface area contributed by atoms with Crippen LogP contribution in [-0.4, -0.2) is 93.1 Å². The Morgan fingerprint density at radius 1 is 0.683 bits per heavy atom. The summed E-state index contributed by atoms with van der Waals surface area (Å²) in [6, 6.07) is 12.1. The van der Waals surface area contributed by atoms with Crippen molar-refractivity contribution in [3.8, 4) is 0 Å². The molecule has 0 spiro atoms. The average Bonchev–Trinajstić information content (AvgIpc) is 3.79. The summed E-state index contributed by atoms with van der Waals surface area (Å²) in [5, 5.41) is 24.0. The van der Waals surface area contributed by atoms with E-state index in [1.54, 1.807) is 20.7 Å². The maximum atomic E-state index is 13.0. The Hall–Kier alpha value is -4.68. The van der Waals surface area contributed by atoms with Crippen LogP contribution in [0.3, 0.4) is 0 Å². The van der Waals surface area contributed by atoms with E-state index in [-0.39, 0.29) is 46.7 Å². The van der Waals surface area contributed by atoms with Crippen molar-refractivity contribution in [3.63, 3.8) is 0 Å². The third kappa shape index (κ3) is 15.2. The summed E-state index contributed by atoms with van der Waals surface area (Å²) in [6.45, 7) is 25.1. The van der Waals surface area contributed by atoms with Crippen LogP contribution in [0.2, 0.25) is 0 Å². The van der Waals surface area contributed by atoms with E-state index >= 15 is 0 Å². The second kappa shape index (κ2) is 20.4. The number of hydrogen-bond donors (Lipinski definition) is 2. The molecular formula is C45H63Br2N9O7. The molecule has 2 aliphatic rings. The lowest BCUT2D eigenvalue weighted by atomic mass is 9.88. The molecule has 0 saturated heterocycles. The normalized spacial score (nSPS) is 16.7. The van der Waals surface area contributed by atoms with Crippen molar-refractivity contribution < 1.29 is 33.8 Å². The lowest BCUT2D eigenvalue weighted by molar-refractivity contribution is 0.0224. The van der Waals surface area contributed by atoms with Gasteiger partial charge in [-0.3, -0.25) is 4.79 Å². The molecule has 16 nitrogen and oxygen atoms in total. The molecule has 2 amide bonds. The van der Waals surface area contributed by atoms with Gasteiger partial charge < -0.3 is 30.1 Å². The number of carbonyl (C=O) groups excluding carboxylic acids is 3. The number of hydrogen-bond acceptors (Lipinski definition) is 11. The lowest BCUT2D eigenvalue weighted by Gasteiger charge is -2.26. The number of carboxylic acids is 1. The predicted molar refractivity (Wildman–Crippen MR) is 246 cm³/mol. The Balaban J connectivity index is 0.000000232. The quantitative estimate of drug-likeness (QED) is 0.184. The van der Waals surface area contributed by atoms with Gasteiger partial charge in [-0.2, -0.15) is 0 Å². The number of Topliss-reactive ketones (excluding diaryl/α,β-unsaturated/α-hetero) is 1. The highest BCUT2D eigenvalue weighted by molar-refractivity contribution is 9.10. The fourth-order valence-electron chi connectivity index (χ4n) is 6.58. The summed E-state index contributed by atoms with van der Waals surface area (Å²) in [5.41, 5.74) is 9.35. The minimum Gasteiger partial charge on any atom is -0.476 e. The third-order valence-electron chi connectivity index (χ3n) is 9.83. The van der Waals surface area contributed by atoms with Gasteiger partial charge in [0.25, 0.3) is 0 Å². The third-order valence-corrected chi connectivity index (χ3v) is 10.8. The topological polar surface area (TPSA) is 201 Å². The minimum absolute atomic E-state index is 0.0113. The van der Waals surface area contributed by atoms with Crippen LogP contribution in [0, 0.1) is 0 Å². The molecule has 2 aliphatic heterocycles. The average molecular weight is 1000 g/mol. The number of aromatic carboxylic acids is 1. The molecule has 0 aliphatic carbocycles. The SMILES string of the molecule is CC(C)(C)OC(=O)N1CC[C@@H](CC(=O)c2cn(C(C)(C)C)nn2)c2ccc(Br)cc2C1.CC(C)(C)OC(=O)N1CC[C@@H](N)c2ccc(Br)cc2C1.CC(C)(C)n1cc(C(=O)O)nn1. The number of halogens is 2. The molecule has 0 unspecified atom stereocenters. The first-order chi connectivity index (χ1) is 29.0. The summed E-state index contributed by atoms with van der Waals surface area (Å²) >= 11 is 6.99. The summed E-state index contributed by atoms with van der Waals surface area (Å²) in [7, 11) is 0. The van der Waals surface area contributed by atoms with Gasteiger partial charge in [0.05, 0.1) is 23.5 Å². The summed E-state index contributed by atoms with van der Waals surface area (Å²) < 4.78 is 16.2. The fraction of sp³-hybridized carbons (Fsp3) is 0.556. The van der Waals surface area contributed by atoms with E-state index < -0.39 is 17.2 Å². The highest BCUT2D eigenvalue weighted by Gasteiger charge is 2.31. The smallest absolute Gasteiger partial charge is 0.410 e. The van der Waals surface area contributed by atoms with Crippen LogP contribution < -0.4 is 5.73 Å². The molecule has 2 aromatic heterocycles. The largest absolute Gasteiger partial charge is 0.476 e. The summed E-state index contributed by atoms with van der Waals surface area (Å²) in [5.74, 6) is -1.10. The van der Waals surface area contributed by atoms with E-state index in [0.717, 1.165) is 37.6 Å². The van der Waals surface area contributed by atoms with Crippen LogP contribution in [0.15, 0.2) is 57.7 Å². The number of ether oxygens (including phenoxy) is 2. The fourth-order valence-corrected chi connectivity index (χ4v) is 7.40. The molecule has 0 bridgehead atoms. The van der Waals surface area contributed by atoms with E-state index in [1.807, 2.05) is 119 Å². The van der Waals surface area contributed by atoms with Gasteiger partial charge in [-0.05, 0) is 148 Å². The molecule has 344 valence electrons. The lowest BCUT2D eigenvalue weighted by Crippen LogP contribution is -2.36. The van der Waals surface area contributed by atoms with Crippen LogP contribution in [0.4, 0.5) is 9.59 Å². The Morgan fingerprint density at radius 2 is 1.11 bits per heavy atom. The molecule has 0 radical (unpaired) electrons. The maximum Gasteiger partial charge on any atom is 0.410 e. The monoisotopic (exact) mass is 999 g/mol. The van der Waals surface area contributed by atoms with Crippen molar-refractivity contribution in [3.05, 3.63) is 91.4 Å². The second-order valence-electron chi connectivity index (χ2n) is 19.7. The van der Waals surface area contributed by atoms with Crippen molar-refractivity contribution in [2.24, 2.45) is 5.73 Å². The first kappa shape index (κ1) is 51.0. The number of fused-ring (bicyclic) bond motifs is 2. The predicted octanol–water partition coefficient (Wildman–Crippen LogP) is 9.61. The highest BCUT2D eigenvalue weighted by atomic mass is 79.9. The molecule has 2 atom stereocenters. The number of ketones is 1. The van der Waals surface area contributed by atoms with Crippen LogP contribution in [-0.2, 0) is 33.6 Å². The van der Waals surface area contributed by atoms with Gasteiger partial charge in [-0.15, -0.1) is 10.2 Å². The number of nitrogens with zero attached hydrogens (tertiary/aromatic N) is 8. The van der Waals surface area contributed by atoms with Crippen molar-refractivity contribution in [1.82, 2.24) is 39.8 Å². The Morgan fingerprint density at radius 3 is 1.54 bits per heavy atom. The molecular weight excluding hydrogens is 938 g/mol. The van der Waals surface area contributed by atoms with Crippen LogP contribution in [0.5, 0.6) is 0 Å². The number of nitrogens with two attached hydrogens (primary N) is 1. The van der Waals surface area contributed by atoms with Gasteiger partial charge in [0.1, 0.15) is 16.9 Å². The van der Waals surface area contributed by atoms with Crippen LogP contribution in [0.25, 0.3) is 0 Å². The number of benzene rings is 2. The number of rotatable bonds is 4. The van der Waals surface area contributed by atoms with E-state index in [9.17, 15) is 19.2 Å². The van der Waals surface area contributed by atoms with Gasteiger partial charge in [-0.25, -0.2) is 23.7 Å². The maximum absolute atomic E-state index is 13.0. The van der Waals surface area contributed by atoms with Crippen molar-refractivity contribution in [1.29, 1.82) is 0 Å². The van der Waals surface area contributed by atoms with Gasteiger partial charge >= 0.3 is 18.2 Å². The molecule has 0 fully saturated rings. The van der Waals surface area contributed by atoms with Crippen LogP contribution in [0.1, 0.15) is 158 Å². The number of amides is 2. The number of aromatic nitrogens is 6. The van der Waals surface area contributed by atoms with Crippen LogP contribution >= 0.6 is 31.9 Å². The van der Waals surface area contributed by atoms with Crippen molar-refractivity contribution in [2.45, 2.75) is 150 Å². The molecule has 6 rings (SSSR count). The second-order valence-corrected chi connectivity index (χ2v) is 21.6. The van der Waals surface area contributed by atoms with E-state index in [1.165, 1.54) is 10.9 Å². The minimum atomic E-state index is -1.05. The van der Waals surface area contributed by atoms with Gasteiger partial charge in [-0.1, -0.05) is 54.4 Å². The zero-order chi connectivity index (χ0) is 47.2. The van der Waals surface area contributed by atoms with Gasteiger partial charge in [0, 0.05) is 47.6 Å². The molecule has 63 heavy (non-hydrogen) atoms. The van der Waals surface area contributed by atoms with E-state index in [2.05, 4.69) is 52.5 Å². The standard InChI is InChI=1S/C23H31BrN4O3.C15H21BrN2O2.C7H11N3O2/c1-22(2,3)28-14-19(25-26-28)20(29)12-15-9-10-27(21(30)31-23(4,5)6)13-16-11-17(24)7-8-18(15)16;1-15(2,3)20-14(19)18-7-6-13(17)12-5-4-11(16)8-10(12)9-18;1-7(2,3)10-4-5(6(11)12)8-9-10/h7-8,11,14-15H,9-10,12-13H2,1-6H3;4-5,8,13H,6-7,9,17H2,1-3H3;4H,1-3H3,(H,11,12)/t15-;13-;/m01./s1.